The summed E-state index contributed by atoms with van der Waals surface area (Å²) in [6.07, 6.45) is 6.95. The first kappa shape index (κ1) is 13.9. The summed E-state index contributed by atoms with van der Waals surface area (Å²) >= 11 is 0. The van der Waals surface area contributed by atoms with Gasteiger partial charge in [-0.25, -0.2) is 0 Å². The Morgan fingerprint density at radius 3 is 2.55 bits per heavy atom. The normalized spacial score (nSPS) is 43.6. The molecule has 2 bridgehead atoms. The average Bonchev–Trinajstić information content (AvgIpc) is 3.09. The Morgan fingerprint density at radius 2 is 1.86 bits per heavy atom. The summed E-state index contributed by atoms with van der Waals surface area (Å²) in [5, 5.41) is 10.0. The van der Waals surface area contributed by atoms with Crippen LogP contribution in [-0.4, -0.2) is 22.8 Å². The van der Waals surface area contributed by atoms with Crippen LogP contribution in [0.15, 0.2) is 12.2 Å². The van der Waals surface area contributed by atoms with Crippen LogP contribution in [0.25, 0.3) is 0 Å². The molecule has 4 rings (SSSR count). The molecular formula is C16H19NO5. The van der Waals surface area contributed by atoms with E-state index in [0.29, 0.717) is 31.6 Å². The van der Waals surface area contributed by atoms with Gasteiger partial charge in [-0.05, 0) is 48.9 Å². The summed E-state index contributed by atoms with van der Waals surface area (Å²) in [6.45, 7) is 0. The van der Waals surface area contributed by atoms with Crippen LogP contribution < -0.4 is 0 Å². The van der Waals surface area contributed by atoms with Crippen molar-refractivity contribution in [2.75, 3.05) is 0 Å². The third kappa shape index (κ3) is 1.85. The third-order valence-corrected chi connectivity index (χ3v) is 6.27. The van der Waals surface area contributed by atoms with Crippen molar-refractivity contribution in [3.63, 3.8) is 0 Å². The lowest BCUT2D eigenvalue weighted by Crippen LogP contribution is -2.39. The lowest BCUT2D eigenvalue weighted by Gasteiger charge is -2.30. The molecule has 0 saturated heterocycles. The number of hydrogen-bond donors (Lipinski definition) is 0. The van der Waals surface area contributed by atoms with E-state index in [1.54, 1.807) is 0 Å². The second-order valence-corrected chi connectivity index (χ2v) is 7.09. The van der Waals surface area contributed by atoms with E-state index in [1.807, 2.05) is 0 Å². The summed E-state index contributed by atoms with van der Waals surface area (Å²) in [5.41, 5.74) is 0. The summed E-state index contributed by atoms with van der Waals surface area (Å²) < 4.78 is 0. The first-order chi connectivity index (χ1) is 10.6. The van der Waals surface area contributed by atoms with Gasteiger partial charge in [0.15, 0.2) is 0 Å². The molecule has 3 saturated carbocycles. The molecule has 0 N–H and O–H groups in total. The van der Waals surface area contributed by atoms with Crippen LogP contribution >= 0.6 is 0 Å². The Morgan fingerprint density at radius 1 is 1.14 bits per heavy atom. The van der Waals surface area contributed by atoms with Crippen LogP contribution in [0.2, 0.25) is 0 Å². The van der Waals surface area contributed by atoms with E-state index in [0.717, 1.165) is 6.42 Å². The van der Waals surface area contributed by atoms with Gasteiger partial charge in [-0.15, -0.1) is 10.1 Å². The summed E-state index contributed by atoms with van der Waals surface area (Å²) in [4.78, 5) is 40.4. The number of carbonyl (C=O) groups is 2. The lowest BCUT2D eigenvalue weighted by atomic mass is 9.72. The first-order valence-corrected chi connectivity index (χ1v) is 8.11. The Labute approximate surface area is 128 Å². The van der Waals surface area contributed by atoms with E-state index < -0.39 is 17.1 Å². The number of fused-ring (bicyclic) bond motifs is 5. The molecule has 4 aliphatic rings. The molecule has 6 atom stereocenters. The van der Waals surface area contributed by atoms with Gasteiger partial charge >= 0.3 is 0 Å². The van der Waals surface area contributed by atoms with E-state index in [2.05, 4.69) is 12.2 Å². The summed E-state index contributed by atoms with van der Waals surface area (Å²) in [5.74, 6) is 0.304. The zero-order valence-electron chi connectivity index (χ0n) is 12.2. The molecule has 22 heavy (non-hydrogen) atoms. The minimum Gasteiger partial charge on any atom is -0.310 e. The number of rotatable bonds is 3. The van der Waals surface area contributed by atoms with E-state index in [1.165, 1.54) is 0 Å². The fourth-order valence-corrected chi connectivity index (χ4v) is 5.70. The van der Waals surface area contributed by atoms with Crippen molar-refractivity contribution in [2.45, 2.75) is 38.2 Å². The van der Waals surface area contributed by atoms with Gasteiger partial charge in [0.2, 0.25) is 0 Å². The molecule has 0 aromatic rings. The maximum atomic E-state index is 12.3. The Balaban J connectivity index is 1.67. The number of carbonyl (C=O) groups excluding carboxylic acids is 2. The molecular weight excluding hydrogens is 286 g/mol. The predicted octanol–water partition coefficient (Wildman–Crippen LogP) is 1.96. The largest absolute Gasteiger partial charge is 0.310 e. The molecule has 118 valence electrons. The number of ketones is 2. The van der Waals surface area contributed by atoms with Gasteiger partial charge < -0.3 is 4.84 Å². The van der Waals surface area contributed by atoms with E-state index in [4.69, 9.17) is 4.84 Å². The van der Waals surface area contributed by atoms with Crippen LogP contribution in [0.5, 0.6) is 0 Å². The third-order valence-electron chi connectivity index (χ3n) is 6.27. The Kier molecular flexibility index (Phi) is 3.09. The van der Waals surface area contributed by atoms with Crippen molar-refractivity contribution in [3.05, 3.63) is 22.3 Å². The van der Waals surface area contributed by atoms with Crippen molar-refractivity contribution >= 4 is 11.6 Å². The summed E-state index contributed by atoms with van der Waals surface area (Å²) in [6, 6.07) is 0. The zero-order valence-corrected chi connectivity index (χ0v) is 12.2. The standard InChI is InChI=1S/C16H19NO5/c18-11-5-2-6-12(19)16(11)15-10-7-13(22-17(20)21)14(15)9-4-1-3-8(9)10/h1,4,8-10,13-16H,2-3,5-7H2/t8-,9+,10+,13-,14+,15-/m1/s1. The minimum atomic E-state index is -0.722. The second-order valence-electron chi connectivity index (χ2n) is 7.09. The molecule has 3 fully saturated rings. The molecule has 0 heterocycles. The van der Waals surface area contributed by atoms with E-state index in [9.17, 15) is 19.7 Å². The van der Waals surface area contributed by atoms with Crippen LogP contribution in [0.4, 0.5) is 0 Å². The highest BCUT2D eigenvalue weighted by molar-refractivity contribution is 6.04. The molecule has 0 spiro atoms. The van der Waals surface area contributed by atoms with Gasteiger partial charge in [-0.2, -0.15) is 0 Å². The molecule has 4 aliphatic carbocycles. The molecule has 0 aromatic heterocycles. The predicted molar refractivity (Wildman–Crippen MR) is 75.0 cm³/mol. The van der Waals surface area contributed by atoms with Crippen LogP contribution in [0.1, 0.15) is 32.1 Å². The SMILES string of the molecule is O=C1CCCC(=O)C1[C@@H]1[C@H]2C[C@@H](O[N+](=O)[O-])[C@@H]1[C@H]1C=CC[C@H]12. The van der Waals surface area contributed by atoms with E-state index >= 15 is 0 Å². The van der Waals surface area contributed by atoms with Crippen molar-refractivity contribution in [1.82, 2.24) is 0 Å². The van der Waals surface area contributed by atoms with Crippen LogP contribution in [0.3, 0.4) is 0 Å². The smallest absolute Gasteiger partial charge is 0.294 e. The highest BCUT2D eigenvalue weighted by Gasteiger charge is 2.63. The van der Waals surface area contributed by atoms with Gasteiger partial charge in [0.1, 0.15) is 17.7 Å². The second kappa shape index (κ2) is 4.89. The molecule has 0 aromatic carbocycles. The number of hydrogen-bond acceptors (Lipinski definition) is 5. The highest BCUT2D eigenvalue weighted by Crippen LogP contribution is 2.63. The van der Waals surface area contributed by atoms with Crippen molar-refractivity contribution in [1.29, 1.82) is 0 Å². The van der Waals surface area contributed by atoms with Crippen LogP contribution in [0, 0.1) is 45.6 Å². The lowest BCUT2D eigenvalue weighted by molar-refractivity contribution is -0.770. The molecule has 6 nitrogen and oxygen atoms in total. The fraction of sp³-hybridized carbons (Fsp3) is 0.750. The Bertz CT molecular complexity index is 555. The van der Waals surface area contributed by atoms with Crippen molar-refractivity contribution < 1.29 is 19.5 Å². The monoisotopic (exact) mass is 305 g/mol. The molecule has 0 unspecified atom stereocenters. The summed E-state index contributed by atoms with van der Waals surface area (Å²) in [7, 11) is 0. The minimum absolute atomic E-state index is 0.0435. The van der Waals surface area contributed by atoms with Gasteiger partial charge in [-0.3, -0.25) is 9.59 Å². The number of Topliss-reactive ketones (excluding diaryl/α,β-unsaturated/α-hetero) is 2. The van der Waals surface area contributed by atoms with Gasteiger partial charge in [0.25, 0.3) is 5.09 Å². The fourth-order valence-electron chi connectivity index (χ4n) is 5.70. The topological polar surface area (TPSA) is 86.5 Å². The number of nitrogens with zero attached hydrogens (tertiary/aromatic N) is 1. The maximum absolute atomic E-state index is 12.3. The molecule has 0 radical (unpaired) electrons. The zero-order chi connectivity index (χ0) is 15.4. The first-order valence-electron chi connectivity index (χ1n) is 8.11. The Hall–Kier alpha value is -1.72. The van der Waals surface area contributed by atoms with Crippen LogP contribution in [-0.2, 0) is 14.4 Å². The van der Waals surface area contributed by atoms with Crippen molar-refractivity contribution in [3.8, 4) is 0 Å². The average molecular weight is 305 g/mol. The maximum Gasteiger partial charge on any atom is 0.294 e. The quantitative estimate of drug-likeness (QED) is 0.344. The van der Waals surface area contributed by atoms with Gasteiger partial charge in [0.05, 0.1) is 5.92 Å². The molecule has 0 aliphatic heterocycles. The number of allylic oxidation sites excluding steroid dienone is 2. The van der Waals surface area contributed by atoms with Gasteiger partial charge in [-0.1, -0.05) is 12.2 Å². The molecule has 6 heteroatoms. The highest BCUT2D eigenvalue weighted by atomic mass is 17.0. The molecule has 0 amide bonds. The van der Waals surface area contributed by atoms with E-state index in [-0.39, 0.29) is 35.2 Å². The van der Waals surface area contributed by atoms with Gasteiger partial charge in [0, 0.05) is 12.8 Å². The van der Waals surface area contributed by atoms with Crippen molar-refractivity contribution in [2.24, 2.45) is 35.5 Å².